The van der Waals surface area contributed by atoms with Gasteiger partial charge in [-0.05, 0) is 31.0 Å². The van der Waals surface area contributed by atoms with E-state index < -0.39 is 0 Å². The van der Waals surface area contributed by atoms with Crippen molar-refractivity contribution in [2.45, 2.75) is 19.4 Å². The van der Waals surface area contributed by atoms with E-state index >= 15 is 0 Å². The normalized spacial score (nSPS) is 10.3. The molecule has 0 bridgehead atoms. The van der Waals surface area contributed by atoms with Crippen LogP contribution in [-0.4, -0.2) is 34.2 Å². The molecular formula is C15H19N3O3. The van der Waals surface area contributed by atoms with Crippen LogP contribution in [-0.2, 0) is 6.54 Å². The van der Waals surface area contributed by atoms with Crippen LogP contribution < -0.4 is 10.1 Å². The number of rotatable bonds is 7. The maximum atomic E-state index is 11.9. The van der Waals surface area contributed by atoms with Gasteiger partial charge in [0.2, 0.25) is 0 Å². The molecule has 2 N–H and O–H groups in total. The van der Waals surface area contributed by atoms with E-state index in [4.69, 9.17) is 4.74 Å². The molecule has 0 saturated heterocycles. The highest BCUT2D eigenvalue weighted by Crippen LogP contribution is 2.26. The van der Waals surface area contributed by atoms with Gasteiger partial charge in [0.05, 0.1) is 13.4 Å². The molecule has 1 aromatic carbocycles. The van der Waals surface area contributed by atoms with Gasteiger partial charge in [-0.1, -0.05) is 0 Å². The minimum atomic E-state index is -0.199. The molecule has 1 aromatic heterocycles. The Morgan fingerprint density at radius 3 is 2.95 bits per heavy atom. The summed E-state index contributed by atoms with van der Waals surface area (Å²) in [7, 11) is 1.47. The zero-order valence-electron chi connectivity index (χ0n) is 12.0. The van der Waals surface area contributed by atoms with Gasteiger partial charge in [0.15, 0.2) is 11.5 Å². The molecule has 0 aliphatic rings. The number of unbranched alkanes of at least 4 members (excludes halogenated alkanes) is 1. The monoisotopic (exact) mass is 289 g/mol. The van der Waals surface area contributed by atoms with Gasteiger partial charge in [-0.25, -0.2) is 4.98 Å². The number of nitrogens with one attached hydrogen (secondary N) is 1. The number of carbonyl (C=O) groups excluding carboxylic acids is 1. The number of amides is 1. The minimum absolute atomic E-state index is 0.0368. The van der Waals surface area contributed by atoms with Crippen LogP contribution in [0.25, 0.3) is 0 Å². The van der Waals surface area contributed by atoms with Crippen LogP contribution >= 0.6 is 0 Å². The van der Waals surface area contributed by atoms with Crippen molar-refractivity contribution >= 4 is 5.91 Å². The number of imidazole rings is 1. The number of hydrogen-bond acceptors (Lipinski definition) is 4. The fourth-order valence-corrected chi connectivity index (χ4v) is 1.97. The lowest BCUT2D eigenvalue weighted by Crippen LogP contribution is -2.24. The Labute approximate surface area is 123 Å². The number of phenols is 1. The zero-order chi connectivity index (χ0) is 15.1. The van der Waals surface area contributed by atoms with Gasteiger partial charge >= 0.3 is 0 Å². The first-order valence-electron chi connectivity index (χ1n) is 6.81. The predicted octanol–water partition coefficient (Wildman–Crippen LogP) is 1.81. The van der Waals surface area contributed by atoms with Gasteiger partial charge in [0.1, 0.15) is 0 Å². The van der Waals surface area contributed by atoms with Crippen molar-refractivity contribution in [2.75, 3.05) is 13.7 Å². The Morgan fingerprint density at radius 1 is 1.43 bits per heavy atom. The summed E-state index contributed by atoms with van der Waals surface area (Å²) in [4.78, 5) is 15.9. The molecule has 0 radical (unpaired) electrons. The topological polar surface area (TPSA) is 76.4 Å². The lowest BCUT2D eigenvalue weighted by molar-refractivity contribution is 0.0952. The number of hydrogen-bond donors (Lipinski definition) is 2. The van der Waals surface area contributed by atoms with Crippen LogP contribution in [0.5, 0.6) is 11.5 Å². The van der Waals surface area contributed by atoms with Crippen molar-refractivity contribution < 1.29 is 14.6 Å². The van der Waals surface area contributed by atoms with Crippen LogP contribution in [0.1, 0.15) is 23.2 Å². The van der Waals surface area contributed by atoms with Gasteiger partial charge in [0.25, 0.3) is 5.91 Å². The Morgan fingerprint density at radius 2 is 2.29 bits per heavy atom. The van der Waals surface area contributed by atoms with Gasteiger partial charge in [-0.3, -0.25) is 4.79 Å². The maximum Gasteiger partial charge on any atom is 0.251 e. The van der Waals surface area contributed by atoms with Crippen molar-refractivity contribution in [1.82, 2.24) is 14.9 Å². The zero-order valence-corrected chi connectivity index (χ0v) is 12.0. The number of carbonyl (C=O) groups is 1. The van der Waals surface area contributed by atoms with Crippen LogP contribution in [0.4, 0.5) is 0 Å². The Hall–Kier alpha value is -2.50. The molecule has 1 amide bonds. The van der Waals surface area contributed by atoms with Crippen LogP contribution in [0, 0.1) is 0 Å². The van der Waals surface area contributed by atoms with Crippen LogP contribution in [0.3, 0.4) is 0 Å². The van der Waals surface area contributed by atoms with Crippen molar-refractivity contribution in [3.05, 3.63) is 42.5 Å². The highest BCUT2D eigenvalue weighted by atomic mass is 16.5. The molecule has 21 heavy (non-hydrogen) atoms. The molecule has 2 rings (SSSR count). The number of benzene rings is 1. The minimum Gasteiger partial charge on any atom is -0.504 e. The highest BCUT2D eigenvalue weighted by molar-refractivity contribution is 5.94. The van der Waals surface area contributed by atoms with Gasteiger partial charge in [-0.2, -0.15) is 0 Å². The van der Waals surface area contributed by atoms with E-state index in [1.54, 1.807) is 24.7 Å². The quantitative estimate of drug-likeness (QED) is 0.762. The van der Waals surface area contributed by atoms with E-state index in [0.717, 1.165) is 19.4 Å². The first-order valence-corrected chi connectivity index (χ1v) is 6.81. The molecule has 2 aromatic rings. The predicted molar refractivity (Wildman–Crippen MR) is 78.5 cm³/mol. The van der Waals surface area contributed by atoms with Crippen LogP contribution in [0.15, 0.2) is 36.9 Å². The third-order valence-corrected chi connectivity index (χ3v) is 3.13. The molecular weight excluding hydrogens is 270 g/mol. The number of ether oxygens (including phenoxy) is 1. The van der Waals surface area contributed by atoms with E-state index in [-0.39, 0.29) is 11.7 Å². The van der Waals surface area contributed by atoms with E-state index in [1.165, 1.54) is 13.2 Å². The van der Waals surface area contributed by atoms with Crippen molar-refractivity contribution in [3.8, 4) is 11.5 Å². The molecule has 0 fully saturated rings. The molecule has 0 aliphatic carbocycles. The molecule has 0 atom stereocenters. The summed E-state index contributed by atoms with van der Waals surface area (Å²) in [6, 6.07) is 4.60. The van der Waals surface area contributed by atoms with Crippen LogP contribution in [0.2, 0.25) is 0 Å². The number of phenolic OH excluding ortho intramolecular Hbond substituents is 1. The smallest absolute Gasteiger partial charge is 0.251 e. The molecule has 0 unspecified atom stereocenters. The van der Waals surface area contributed by atoms with E-state index in [1.807, 2.05) is 10.8 Å². The molecule has 0 spiro atoms. The van der Waals surface area contributed by atoms with Gasteiger partial charge < -0.3 is 19.7 Å². The van der Waals surface area contributed by atoms with E-state index in [0.29, 0.717) is 17.9 Å². The number of aryl methyl sites for hydroxylation is 1. The Kier molecular flexibility index (Phi) is 5.20. The standard InChI is InChI=1S/C15H19N3O3/c1-21-14-5-4-12(10-13(14)19)15(20)17-6-2-3-8-18-9-7-16-11-18/h4-5,7,9-11,19H,2-3,6,8H2,1H3,(H,17,20). The number of aromatic nitrogens is 2. The summed E-state index contributed by atoms with van der Waals surface area (Å²) in [5.41, 5.74) is 0.419. The molecule has 6 nitrogen and oxygen atoms in total. The average molecular weight is 289 g/mol. The largest absolute Gasteiger partial charge is 0.504 e. The van der Waals surface area contributed by atoms with Crippen molar-refractivity contribution in [3.63, 3.8) is 0 Å². The SMILES string of the molecule is COc1ccc(C(=O)NCCCCn2ccnc2)cc1O. The summed E-state index contributed by atoms with van der Waals surface area (Å²) in [6.45, 7) is 1.49. The Balaban J connectivity index is 1.73. The molecule has 0 aliphatic heterocycles. The highest BCUT2D eigenvalue weighted by Gasteiger charge is 2.08. The second-order valence-corrected chi connectivity index (χ2v) is 4.65. The average Bonchev–Trinajstić information content (AvgIpc) is 3.00. The van der Waals surface area contributed by atoms with E-state index in [2.05, 4.69) is 10.3 Å². The van der Waals surface area contributed by atoms with Gasteiger partial charge in [-0.15, -0.1) is 0 Å². The number of aromatic hydroxyl groups is 1. The molecule has 0 saturated carbocycles. The first kappa shape index (κ1) is 14.9. The Bertz CT molecular complexity index is 582. The lowest BCUT2D eigenvalue weighted by atomic mass is 10.2. The van der Waals surface area contributed by atoms with Gasteiger partial charge in [0, 0.05) is 31.0 Å². The maximum absolute atomic E-state index is 11.9. The summed E-state index contributed by atoms with van der Waals surface area (Å²) >= 11 is 0. The second-order valence-electron chi connectivity index (χ2n) is 4.65. The third kappa shape index (κ3) is 4.24. The lowest BCUT2D eigenvalue weighted by Gasteiger charge is -2.08. The van der Waals surface area contributed by atoms with Crippen molar-refractivity contribution in [2.24, 2.45) is 0 Å². The summed E-state index contributed by atoms with van der Waals surface area (Å²) in [5.74, 6) is 0.118. The molecule has 112 valence electrons. The molecule has 6 heteroatoms. The number of nitrogens with zero attached hydrogens (tertiary/aromatic N) is 2. The second kappa shape index (κ2) is 7.33. The summed E-state index contributed by atoms with van der Waals surface area (Å²) < 4.78 is 6.94. The summed E-state index contributed by atoms with van der Waals surface area (Å²) in [6.07, 6.45) is 7.28. The fraction of sp³-hybridized carbons (Fsp3) is 0.333. The molecule has 1 heterocycles. The van der Waals surface area contributed by atoms with E-state index in [9.17, 15) is 9.90 Å². The first-order chi connectivity index (χ1) is 10.2. The third-order valence-electron chi connectivity index (χ3n) is 3.13. The van der Waals surface area contributed by atoms with Crippen molar-refractivity contribution in [1.29, 1.82) is 0 Å². The fourth-order valence-electron chi connectivity index (χ4n) is 1.97. The number of methoxy groups -OCH3 is 1. The summed E-state index contributed by atoms with van der Waals surface area (Å²) in [5, 5.41) is 12.5.